The summed E-state index contributed by atoms with van der Waals surface area (Å²) in [6.07, 6.45) is 6.52. The first-order valence-corrected chi connectivity index (χ1v) is 6.59. The Balaban J connectivity index is 2.18. The zero-order valence-electron chi connectivity index (χ0n) is 8.66. The van der Waals surface area contributed by atoms with Crippen molar-refractivity contribution < 1.29 is 8.42 Å². The number of nitrogens with one attached hydrogen (secondary N) is 2. The molecule has 1 aromatic heterocycles. The van der Waals surface area contributed by atoms with Gasteiger partial charge in [0.2, 0.25) is 10.0 Å². The summed E-state index contributed by atoms with van der Waals surface area (Å²) in [5, 5.41) is 6.15. The minimum absolute atomic E-state index is 0.210. The smallest absolute Gasteiger partial charge is 0.244 e. The second kappa shape index (κ2) is 3.61. The molecule has 15 heavy (non-hydrogen) atoms. The van der Waals surface area contributed by atoms with Crippen LogP contribution < -0.4 is 4.72 Å². The highest BCUT2D eigenvalue weighted by Crippen LogP contribution is 2.35. The van der Waals surface area contributed by atoms with E-state index in [1.807, 2.05) is 6.92 Å². The van der Waals surface area contributed by atoms with E-state index >= 15 is 0 Å². The van der Waals surface area contributed by atoms with Crippen molar-refractivity contribution in [2.45, 2.75) is 43.0 Å². The third-order valence-electron chi connectivity index (χ3n) is 3.12. The minimum Gasteiger partial charge on any atom is -0.284 e. The quantitative estimate of drug-likeness (QED) is 0.809. The van der Waals surface area contributed by atoms with Crippen LogP contribution in [0, 0.1) is 0 Å². The predicted octanol–water partition coefficient (Wildman–Crippen LogP) is 1.02. The number of sulfonamides is 1. The number of hydrogen-bond donors (Lipinski definition) is 2. The van der Waals surface area contributed by atoms with Crippen LogP contribution in [-0.4, -0.2) is 24.2 Å². The van der Waals surface area contributed by atoms with Gasteiger partial charge < -0.3 is 0 Å². The summed E-state index contributed by atoms with van der Waals surface area (Å²) >= 11 is 0. The maximum Gasteiger partial charge on any atom is 0.244 e. The molecular formula is C9H15N3O2S. The molecule has 84 valence electrons. The molecule has 0 saturated heterocycles. The molecule has 2 N–H and O–H groups in total. The molecule has 0 radical (unpaired) electrons. The zero-order valence-corrected chi connectivity index (χ0v) is 9.47. The van der Waals surface area contributed by atoms with Crippen molar-refractivity contribution in [2.75, 3.05) is 0 Å². The van der Waals surface area contributed by atoms with Gasteiger partial charge in [-0.05, 0) is 25.7 Å². The standard InChI is InChI=1S/C9H15N3O2S/c1-2-9(4-3-5-9)12-15(13,14)8-6-10-11-7-8/h6-7,12H,2-5H2,1H3,(H,10,11). The molecule has 1 aromatic rings. The average Bonchev–Trinajstić information content (AvgIpc) is 2.64. The number of hydrogen-bond acceptors (Lipinski definition) is 3. The van der Waals surface area contributed by atoms with Crippen LogP contribution in [0.5, 0.6) is 0 Å². The first-order chi connectivity index (χ1) is 7.08. The van der Waals surface area contributed by atoms with Crippen LogP contribution in [-0.2, 0) is 10.0 Å². The Kier molecular flexibility index (Phi) is 2.56. The van der Waals surface area contributed by atoms with E-state index in [9.17, 15) is 8.42 Å². The van der Waals surface area contributed by atoms with Crippen LogP contribution in [0.2, 0.25) is 0 Å². The average molecular weight is 229 g/mol. The lowest BCUT2D eigenvalue weighted by atomic mass is 9.76. The lowest BCUT2D eigenvalue weighted by Gasteiger charge is -2.41. The maximum absolute atomic E-state index is 11.9. The Hall–Kier alpha value is -0.880. The van der Waals surface area contributed by atoms with Gasteiger partial charge in [0.05, 0.1) is 6.20 Å². The van der Waals surface area contributed by atoms with Gasteiger partial charge in [0, 0.05) is 11.7 Å². The van der Waals surface area contributed by atoms with E-state index in [1.165, 1.54) is 12.4 Å². The molecule has 1 heterocycles. The maximum atomic E-state index is 11.9. The molecule has 6 heteroatoms. The van der Waals surface area contributed by atoms with Gasteiger partial charge in [0.15, 0.2) is 0 Å². The molecule has 0 aromatic carbocycles. The minimum atomic E-state index is -3.39. The molecule has 1 fully saturated rings. The van der Waals surface area contributed by atoms with Gasteiger partial charge in [-0.25, -0.2) is 13.1 Å². The third-order valence-corrected chi connectivity index (χ3v) is 4.67. The Labute approximate surface area is 89.3 Å². The highest BCUT2D eigenvalue weighted by Gasteiger charge is 2.39. The predicted molar refractivity (Wildman–Crippen MR) is 55.8 cm³/mol. The van der Waals surface area contributed by atoms with Gasteiger partial charge in [-0.15, -0.1) is 0 Å². The van der Waals surface area contributed by atoms with Gasteiger partial charge >= 0.3 is 0 Å². The van der Waals surface area contributed by atoms with Crippen molar-refractivity contribution in [3.8, 4) is 0 Å². The fraction of sp³-hybridized carbons (Fsp3) is 0.667. The van der Waals surface area contributed by atoms with E-state index in [2.05, 4.69) is 14.9 Å². The summed E-state index contributed by atoms with van der Waals surface area (Å²) in [6.45, 7) is 2.01. The van der Waals surface area contributed by atoms with Crippen molar-refractivity contribution in [1.82, 2.24) is 14.9 Å². The Bertz CT molecular complexity index is 415. The number of aromatic amines is 1. The van der Waals surface area contributed by atoms with E-state index < -0.39 is 10.0 Å². The monoisotopic (exact) mass is 229 g/mol. The molecule has 1 aliphatic carbocycles. The van der Waals surface area contributed by atoms with Crippen molar-refractivity contribution in [3.05, 3.63) is 12.4 Å². The molecular weight excluding hydrogens is 214 g/mol. The molecule has 0 unspecified atom stereocenters. The first-order valence-electron chi connectivity index (χ1n) is 5.11. The molecule has 0 bridgehead atoms. The van der Waals surface area contributed by atoms with Crippen LogP contribution in [0.4, 0.5) is 0 Å². The summed E-state index contributed by atoms with van der Waals surface area (Å²) in [5.41, 5.74) is -0.212. The highest BCUT2D eigenvalue weighted by molar-refractivity contribution is 7.89. The van der Waals surface area contributed by atoms with E-state index in [-0.39, 0.29) is 10.4 Å². The molecule has 0 amide bonds. The molecule has 5 nitrogen and oxygen atoms in total. The van der Waals surface area contributed by atoms with Gasteiger partial charge in [0.1, 0.15) is 4.90 Å². The summed E-state index contributed by atoms with van der Waals surface area (Å²) in [5.74, 6) is 0. The molecule has 2 rings (SSSR count). The van der Waals surface area contributed by atoms with Gasteiger partial charge in [-0.2, -0.15) is 5.10 Å². The number of rotatable bonds is 4. The molecule has 1 aliphatic rings. The molecule has 0 aliphatic heterocycles. The Morgan fingerprint density at radius 2 is 2.33 bits per heavy atom. The van der Waals surface area contributed by atoms with Crippen LogP contribution in [0.25, 0.3) is 0 Å². The zero-order chi connectivity index (χ0) is 10.9. The summed E-state index contributed by atoms with van der Waals surface area (Å²) < 4.78 is 26.5. The summed E-state index contributed by atoms with van der Waals surface area (Å²) in [7, 11) is -3.39. The molecule has 1 saturated carbocycles. The number of H-pyrrole nitrogens is 1. The normalized spacial score (nSPS) is 19.8. The SMILES string of the molecule is CCC1(NS(=O)(=O)c2cn[nH]c2)CCC1. The lowest BCUT2D eigenvalue weighted by Crippen LogP contribution is -2.52. The van der Waals surface area contributed by atoms with E-state index in [1.54, 1.807) is 0 Å². The third kappa shape index (κ3) is 1.91. The highest BCUT2D eigenvalue weighted by atomic mass is 32.2. The number of aromatic nitrogens is 2. The Morgan fingerprint density at radius 1 is 1.60 bits per heavy atom. The molecule has 0 spiro atoms. The lowest BCUT2D eigenvalue weighted by molar-refractivity contribution is 0.214. The van der Waals surface area contributed by atoms with E-state index in [4.69, 9.17) is 0 Å². The largest absolute Gasteiger partial charge is 0.284 e. The second-order valence-electron chi connectivity index (χ2n) is 4.03. The van der Waals surface area contributed by atoms with Crippen molar-refractivity contribution in [2.24, 2.45) is 0 Å². The van der Waals surface area contributed by atoms with Crippen molar-refractivity contribution >= 4 is 10.0 Å². The topological polar surface area (TPSA) is 74.8 Å². The first kappa shape index (κ1) is 10.6. The van der Waals surface area contributed by atoms with E-state index in [0.717, 1.165) is 25.7 Å². The van der Waals surface area contributed by atoms with Gasteiger partial charge in [0.25, 0.3) is 0 Å². The van der Waals surface area contributed by atoms with Crippen LogP contribution in [0.1, 0.15) is 32.6 Å². The summed E-state index contributed by atoms with van der Waals surface area (Å²) in [4.78, 5) is 0.210. The van der Waals surface area contributed by atoms with E-state index in [0.29, 0.717) is 0 Å². The summed E-state index contributed by atoms with van der Waals surface area (Å²) in [6, 6.07) is 0. The van der Waals surface area contributed by atoms with Crippen molar-refractivity contribution in [1.29, 1.82) is 0 Å². The van der Waals surface area contributed by atoms with Gasteiger partial charge in [-0.1, -0.05) is 6.92 Å². The van der Waals surface area contributed by atoms with Crippen LogP contribution in [0.15, 0.2) is 17.3 Å². The van der Waals surface area contributed by atoms with Gasteiger partial charge in [-0.3, -0.25) is 5.10 Å². The van der Waals surface area contributed by atoms with Crippen LogP contribution >= 0.6 is 0 Å². The number of nitrogens with zero attached hydrogens (tertiary/aromatic N) is 1. The Morgan fingerprint density at radius 3 is 2.73 bits per heavy atom. The fourth-order valence-electron chi connectivity index (χ4n) is 1.86. The second-order valence-corrected chi connectivity index (χ2v) is 5.71. The molecule has 0 atom stereocenters. The van der Waals surface area contributed by atoms with Crippen LogP contribution in [0.3, 0.4) is 0 Å². The van der Waals surface area contributed by atoms with Crippen molar-refractivity contribution in [3.63, 3.8) is 0 Å². The fourth-order valence-corrected chi connectivity index (χ4v) is 3.30.